The smallest absolute Gasteiger partial charge is 0.255 e. The number of carbonyl (C=O) groups is 1. The second-order valence-corrected chi connectivity index (χ2v) is 7.25. The summed E-state index contributed by atoms with van der Waals surface area (Å²) in [6.45, 7) is 4.92. The zero-order valence-corrected chi connectivity index (χ0v) is 17.7. The molecule has 152 valence electrons. The fourth-order valence-corrected chi connectivity index (χ4v) is 3.35. The molecule has 1 aromatic heterocycles. The number of nitrogens with one attached hydrogen (secondary N) is 1. The van der Waals surface area contributed by atoms with E-state index >= 15 is 0 Å². The molecule has 0 atom stereocenters. The summed E-state index contributed by atoms with van der Waals surface area (Å²) in [6.07, 6.45) is 1.66. The first-order valence-corrected chi connectivity index (χ1v) is 9.87. The number of methoxy groups -OCH3 is 1. The summed E-state index contributed by atoms with van der Waals surface area (Å²) in [4.78, 5) is 24.4. The Labute approximate surface area is 171 Å². The summed E-state index contributed by atoms with van der Waals surface area (Å²) < 4.78 is 5.42. The molecule has 0 saturated heterocycles. The highest BCUT2D eigenvalue weighted by molar-refractivity contribution is 6.06. The Morgan fingerprint density at radius 3 is 2.31 bits per heavy atom. The molecule has 3 aromatic rings. The van der Waals surface area contributed by atoms with Gasteiger partial charge in [-0.2, -0.15) is 0 Å². The second kappa shape index (κ2) is 9.01. The number of hydrogen-bond donors (Lipinski definition) is 1. The van der Waals surface area contributed by atoms with E-state index in [9.17, 15) is 4.79 Å². The summed E-state index contributed by atoms with van der Waals surface area (Å²) in [7, 11) is 5.61. The van der Waals surface area contributed by atoms with Gasteiger partial charge in [-0.05, 0) is 62.8 Å². The van der Waals surface area contributed by atoms with Gasteiger partial charge >= 0.3 is 0 Å². The molecule has 1 amide bonds. The second-order valence-electron chi connectivity index (χ2n) is 7.25. The van der Waals surface area contributed by atoms with Crippen molar-refractivity contribution in [2.24, 2.45) is 0 Å². The number of aryl methyl sites for hydroxylation is 2. The van der Waals surface area contributed by atoms with Gasteiger partial charge in [0.2, 0.25) is 0 Å². The highest BCUT2D eigenvalue weighted by atomic mass is 16.5. The molecule has 0 fully saturated rings. The van der Waals surface area contributed by atoms with Crippen LogP contribution in [0.4, 0.5) is 5.69 Å². The van der Waals surface area contributed by atoms with E-state index in [1.54, 1.807) is 19.2 Å². The van der Waals surface area contributed by atoms with E-state index < -0.39 is 0 Å². The normalized spacial score (nSPS) is 11.1. The van der Waals surface area contributed by atoms with Gasteiger partial charge in [-0.3, -0.25) is 4.79 Å². The third kappa shape index (κ3) is 4.71. The average Bonchev–Trinajstić information content (AvgIpc) is 2.72. The third-order valence-corrected chi connectivity index (χ3v) is 4.76. The largest absolute Gasteiger partial charge is 0.495 e. The molecule has 6 nitrogen and oxygen atoms in total. The van der Waals surface area contributed by atoms with E-state index in [0.717, 1.165) is 47.4 Å². The number of fused-ring (bicyclic) bond motifs is 1. The van der Waals surface area contributed by atoms with Crippen LogP contribution >= 0.6 is 0 Å². The number of ether oxygens (including phenoxy) is 1. The summed E-state index contributed by atoms with van der Waals surface area (Å²) in [5, 5.41) is 2.98. The summed E-state index contributed by atoms with van der Waals surface area (Å²) >= 11 is 0. The van der Waals surface area contributed by atoms with Gasteiger partial charge in [0.05, 0.1) is 35.2 Å². The van der Waals surface area contributed by atoms with E-state index in [0.29, 0.717) is 17.0 Å². The minimum absolute atomic E-state index is 0.202. The maximum atomic E-state index is 12.9. The minimum Gasteiger partial charge on any atom is -0.495 e. The van der Waals surface area contributed by atoms with Gasteiger partial charge in [0.25, 0.3) is 5.91 Å². The molecule has 3 rings (SSSR count). The van der Waals surface area contributed by atoms with Crippen molar-refractivity contribution < 1.29 is 9.53 Å². The van der Waals surface area contributed by atoms with Crippen molar-refractivity contribution >= 4 is 22.6 Å². The number of amides is 1. The molecule has 0 saturated carbocycles. The van der Waals surface area contributed by atoms with Crippen molar-refractivity contribution in [3.05, 3.63) is 58.9 Å². The lowest BCUT2D eigenvalue weighted by molar-refractivity contribution is 0.102. The molecule has 0 bridgehead atoms. The first-order chi connectivity index (χ1) is 13.9. The molecule has 0 spiro atoms. The average molecular weight is 393 g/mol. The van der Waals surface area contributed by atoms with E-state index in [4.69, 9.17) is 14.7 Å². The zero-order chi connectivity index (χ0) is 21.0. The Kier molecular flexibility index (Phi) is 6.44. The molecule has 2 aromatic carbocycles. The highest BCUT2D eigenvalue weighted by Crippen LogP contribution is 2.27. The molecule has 0 aliphatic rings. The van der Waals surface area contributed by atoms with Crippen LogP contribution in [-0.4, -0.2) is 42.0 Å². The molecule has 6 heteroatoms. The molecule has 29 heavy (non-hydrogen) atoms. The maximum absolute atomic E-state index is 12.9. The predicted octanol–water partition coefficient (Wildman–Crippen LogP) is 4.08. The lowest BCUT2D eigenvalue weighted by Gasteiger charge is -2.15. The Morgan fingerprint density at radius 2 is 1.69 bits per heavy atom. The SMILES string of the molecule is CCc1nc2ccc(C(=O)Nc3cc(CN(C)C)ccc3OC)cc2nc1CC. The summed E-state index contributed by atoms with van der Waals surface area (Å²) in [5.41, 5.74) is 5.82. The Balaban J connectivity index is 1.91. The fourth-order valence-electron chi connectivity index (χ4n) is 3.35. The molecule has 0 unspecified atom stereocenters. The van der Waals surface area contributed by atoms with Crippen molar-refractivity contribution in [3.8, 4) is 5.75 Å². The van der Waals surface area contributed by atoms with Crippen molar-refractivity contribution in [2.45, 2.75) is 33.2 Å². The molecule has 1 heterocycles. The van der Waals surface area contributed by atoms with Gasteiger partial charge in [0.1, 0.15) is 5.75 Å². The standard InChI is InChI=1S/C23H28N4O2/c1-6-17-18(7-2)25-20-13-16(9-10-19(20)24-17)23(28)26-21-12-15(14-27(3)4)8-11-22(21)29-5/h8-13H,6-7,14H2,1-5H3,(H,26,28). The summed E-state index contributed by atoms with van der Waals surface area (Å²) in [6, 6.07) is 11.3. The van der Waals surface area contributed by atoms with Crippen molar-refractivity contribution in [2.75, 3.05) is 26.5 Å². The predicted molar refractivity (Wildman–Crippen MR) is 117 cm³/mol. The topological polar surface area (TPSA) is 67.4 Å². The fraction of sp³-hybridized carbons (Fsp3) is 0.348. The zero-order valence-electron chi connectivity index (χ0n) is 17.7. The Hall–Kier alpha value is -2.99. The van der Waals surface area contributed by atoms with Crippen LogP contribution in [0.5, 0.6) is 5.75 Å². The third-order valence-electron chi connectivity index (χ3n) is 4.76. The van der Waals surface area contributed by atoms with Crippen LogP contribution in [0.25, 0.3) is 11.0 Å². The number of aromatic nitrogens is 2. The minimum atomic E-state index is -0.202. The van der Waals surface area contributed by atoms with Crippen molar-refractivity contribution in [3.63, 3.8) is 0 Å². The van der Waals surface area contributed by atoms with Crippen LogP contribution in [0.3, 0.4) is 0 Å². The van der Waals surface area contributed by atoms with Crippen LogP contribution in [0.1, 0.15) is 41.2 Å². The molecule has 0 aliphatic carbocycles. The van der Waals surface area contributed by atoms with Crippen molar-refractivity contribution in [1.82, 2.24) is 14.9 Å². The molecule has 0 aliphatic heterocycles. The molecule has 1 N–H and O–H groups in total. The van der Waals surface area contributed by atoms with Gasteiger partial charge in [0.15, 0.2) is 0 Å². The number of hydrogen-bond acceptors (Lipinski definition) is 5. The summed E-state index contributed by atoms with van der Waals surface area (Å²) in [5.74, 6) is 0.425. The lowest BCUT2D eigenvalue weighted by atomic mass is 10.1. The highest BCUT2D eigenvalue weighted by Gasteiger charge is 2.13. The first kappa shape index (κ1) is 20.7. The number of carbonyl (C=O) groups excluding carboxylic acids is 1. The van der Waals surface area contributed by atoms with Crippen molar-refractivity contribution in [1.29, 1.82) is 0 Å². The van der Waals surface area contributed by atoms with Crippen LogP contribution in [0, 0.1) is 0 Å². The van der Waals surface area contributed by atoms with Gasteiger partial charge in [-0.1, -0.05) is 19.9 Å². The first-order valence-electron chi connectivity index (χ1n) is 9.87. The van der Waals surface area contributed by atoms with Crippen LogP contribution in [0.15, 0.2) is 36.4 Å². The van der Waals surface area contributed by atoms with E-state index in [1.807, 2.05) is 38.4 Å². The number of rotatable bonds is 7. The van der Waals surface area contributed by atoms with Gasteiger partial charge in [-0.25, -0.2) is 9.97 Å². The Morgan fingerprint density at radius 1 is 1.00 bits per heavy atom. The van der Waals surface area contributed by atoms with Crippen LogP contribution in [-0.2, 0) is 19.4 Å². The van der Waals surface area contributed by atoms with E-state index in [1.165, 1.54) is 0 Å². The molecular weight excluding hydrogens is 364 g/mol. The van der Waals surface area contributed by atoms with Crippen LogP contribution < -0.4 is 10.1 Å². The molecule has 0 radical (unpaired) electrons. The maximum Gasteiger partial charge on any atom is 0.255 e. The Bertz CT molecular complexity index is 1030. The van der Waals surface area contributed by atoms with Gasteiger partial charge in [-0.15, -0.1) is 0 Å². The quantitative estimate of drug-likeness (QED) is 0.656. The molecular formula is C23H28N4O2. The van der Waals surface area contributed by atoms with E-state index in [-0.39, 0.29) is 5.91 Å². The van der Waals surface area contributed by atoms with Gasteiger partial charge in [0, 0.05) is 12.1 Å². The van der Waals surface area contributed by atoms with E-state index in [2.05, 4.69) is 24.1 Å². The number of anilines is 1. The monoisotopic (exact) mass is 392 g/mol. The number of benzene rings is 2. The van der Waals surface area contributed by atoms with Gasteiger partial charge < -0.3 is 15.0 Å². The number of nitrogens with zero attached hydrogens (tertiary/aromatic N) is 3. The van der Waals surface area contributed by atoms with Crippen LogP contribution in [0.2, 0.25) is 0 Å². The lowest BCUT2D eigenvalue weighted by Crippen LogP contribution is -2.14.